The molecule has 1 atom stereocenters. The number of urea groups is 1. The summed E-state index contributed by atoms with van der Waals surface area (Å²) < 4.78 is 5.32. The third-order valence-electron chi connectivity index (χ3n) is 7.66. The van der Waals surface area contributed by atoms with E-state index >= 15 is 0 Å². The van der Waals surface area contributed by atoms with Crippen molar-refractivity contribution in [2.45, 2.75) is 84.3 Å². The summed E-state index contributed by atoms with van der Waals surface area (Å²) >= 11 is 0. The predicted molar refractivity (Wildman–Crippen MR) is 123 cm³/mol. The lowest BCUT2D eigenvalue weighted by atomic mass is 9.67. The molecule has 1 aromatic rings. The van der Waals surface area contributed by atoms with Crippen LogP contribution in [0, 0.1) is 11.3 Å². The first-order chi connectivity index (χ1) is 15.5. The summed E-state index contributed by atoms with van der Waals surface area (Å²) in [4.78, 5) is 51.9. The standard InChI is InChI=1S/C26H34N2O5/c1-16(22(30)19-9-8-17-6-5-7-18(17)14-19)33-21(29)15-28-23(31)26(27-24(28)32)12-10-20(11-13-26)25(2,3)4/h8-9,14,16,20H,5-7,10-13,15H2,1-4H3,(H,27,32). The highest BCUT2D eigenvalue weighted by atomic mass is 16.5. The zero-order valence-electron chi connectivity index (χ0n) is 20.0. The maximum absolute atomic E-state index is 13.1. The van der Waals surface area contributed by atoms with Gasteiger partial charge in [-0.25, -0.2) is 4.79 Å². The number of Topliss-reactive ketones (excluding diaryl/α,β-unsaturated/α-hetero) is 1. The van der Waals surface area contributed by atoms with E-state index in [1.165, 1.54) is 18.1 Å². The first-order valence-electron chi connectivity index (χ1n) is 12.0. The number of ketones is 1. The molecule has 33 heavy (non-hydrogen) atoms. The van der Waals surface area contributed by atoms with Crippen LogP contribution in [0.4, 0.5) is 4.79 Å². The van der Waals surface area contributed by atoms with Gasteiger partial charge in [-0.3, -0.25) is 19.3 Å². The van der Waals surface area contributed by atoms with Crippen LogP contribution in [0.15, 0.2) is 18.2 Å². The normalized spacial score (nSPS) is 25.7. The highest BCUT2D eigenvalue weighted by molar-refractivity contribution is 6.09. The molecule has 1 heterocycles. The molecular formula is C26H34N2O5. The number of imide groups is 1. The Kier molecular flexibility index (Phi) is 6.10. The Hall–Kier alpha value is -2.70. The van der Waals surface area contributed by atoms with Crippen molar-refractivity contribution in [3.05, 3.63) is 34.9 Å². The third-order valence-corrected chi connectivity index (χ3v) is 7.66. The summed E-state index contributed by atoms with van der Waals surface area (Å²) in [5.74, 6) is -0.930. The topological polar surface area (TPSA) is 92.8 Å². The van der Waals surface area contributed by atoms with E-state index in [4.69, 9.17) is 4.74 Å². The summed E-state index contributed by atoms with van der Waals surface area (Å²) in [6, 6.07) is 5.05. The van der Waals surface area contributed by atoms with Crippen molar-refractivity contribution in [2.75, 3.05) is 6.54 Å². The van der Waals surface area contributed by atoms with Crippen molar-refractivity contribution in [3.63, 3.8) is 0 Å². The minimum atomic E-state index is -0.992. The number of ether oxygens (including phenoxy) is 1. The van der Waals surface area contributed by atoms with Gasteiger partial charge in [-0.2, -0.15) is 0 Å². The van der Waals surface area contributed by atoms with Crippen LogP contribution in [0.3, 0.4) is 0 Å². The van der Waals surface area contributed by atoms with Crippen molar-refractivity contribution >= 4 is 23.7 Å². The molecule has 3 amide bonds. The van der Waals surface area contributed by atoms with Crippen LogP contribution in [0.1, 0.15) is 81.3 Å². The summed E-state index contributed by atoms with van der Waals surface area (Å²) in [7, 11) is 0. The average Bonchev–Trinajstić information content (AvgIpc) is 3.31. The van der Waals surface area contributed by atoms with Gasteiger partial charge in [0, 0.05) is 5.56 Å². The Morgan fingerprint density at radius 1 is 1.15 bits per heavy atom. The second kappa shape index (κ2) is 8.58. The molecule has 1 unspecified atom stereocenters. The van der Waals surface area contributed by atoms with Crippen molar-refractivity contribution < 1.29 is 23.9 Å². The van der Waals surface area contributed by atoms with Gasteiger partial charge < -0.3 is 10.1 Å². The van der Waals surface area contributed by atoms with E-state index in [1.807, 2.05) is 12.1 Å². The van der Waals surface area contributed by atoms with Gasteiger partial charge in [-0.1, -0.05) is 32.9 Å². The lowest BCUT2D eigenvalue weighted by molar-refractivity contribution is -0.150. The van der Waals surface area contributed by atoms with E-state index in [9.17, 15) is 19.2 Å². The molecule has 1 N–H and O–H groups in total. The van der Waals surface area contributed by atoms with Gasteiger partial charge in [-0.15, -0.1) is 0 Å². The highest BCUT2D eigenvalue weighted by Crippen LogP contribution is 2.43. The summed E-state index contributed by atoms with van der Waals surface area (Å²) in [6.45, 7) is 7.61. The molecule has 4 rings (SSSR count). The van der Waals surface area contributed by atoms with Crippen molar-refractivity contribution in [3.8, 4) is 0 Å². The molecule has 2 fully saturated rings. The summed E-state index contributed by atoms with van der Waals surface area (Å²) in [6.07, 6.45) is 4.90. The molecule has 1 saturated heterocycles. The SMILES string of the molecule is CC(OC(=O)CN1C(=O)NC2(CCC(C(C)(C)C)CC2)C1=O)C(=O)c1ccc2c(c1)CCC2. The van der Waals surface area contributed by atoms with Crippen molar-refractivity contribution in [1.29, 1.82) is 0 Å². The Labute approximate surface area is 195 Å². The van der Waals surface area contributed by atoms with E-state index in [2.05, 4.69) is 26.1 Å². The third kappa shape index (κ3) is 4.55. The Morgan fingerprint density at radius 3 is 2.48 bits per heavy atom. The van der Waals surface area contributed by atoms with Crippen LogP contribution in [0.2, 0.25) is 0 Å². The molecule has 1 spiro atoms. The number of aryl methyl sites for hydroxylation is 2. The average molecular weight is 455 g/mol. The maximum atomic E-state index is 13.1. The van der Waals surface area contributed by atoms with Gasteiger partial charge in [0.1, 0.15) is 12.1 Å². The number of benzene rings is 1. The van der Waals surface area contributed by atoms with E-state index in [0.29, 0.717) is 24.3 Å². The van der Waals surface area contributed by atoms with Gasteiger partial charge in [0.25, 0.3) is 5.91 Å². The van der Waals surface area contributed by atoms with Crippen LogP contribution < -0.4 is 5.32 Å². The largest absolute Gasteiger partial charge is 0.453 e. The van der Waals surface area contributed by atoms with Crippen LogP contribution in [-0.4, -0.2) is 46.8 Å². The fourth-order valence-electron chi connectivity index (χ4n) is 5.51. The van der Waals surface area contributed by atoms with E-state index < -0.39 is 30.2 Å². The minimum absolute atomic E-state index is 0.151. The lowest BCUT2D eigenvalue weighted by Gasteiger charge is -2.40. The zero-order valence-corrected chi connectivity index (χ0v) is 20.0. The maximum Gasteiger partial charge on any atom is 0.326 e. The Bertz CT molecular complexity index is 985. The smallest absolute Gasteiger partial charge is 0.326 e. The number of fused-ring (bicyclic) bond motifs is 1. The lowest BCUT2D eigenvalue weighted by Crippen LogP contribution is -2.50. The predicted octanol–water partition coefficient (Wildman–Crippen LogP) is 3.82. The molecule has 2 aliphatic carbocycles. The number of carbonyl (C=O) groups is 4. The van der Waals surface area contributed by atoms with Crippen LogP contribution >= 0.6 is 0 Å². The highest BCUT2D eigenvalue weighted by Gasteiger charge is 2.53. The van der Waals surface area contributed by atoms with Crippen molar-refractivity contribution in [1.82, 2.24) is 10.2 Å². The molecule has 178 valence electrons. The molecule has 1 aliphatic heterocycles. The van der Waals surface area contributed by atoms with Gasteiger partial charge in [0.05, 0.1) is 0 Å². The minimum Gasteiger partial charge on any atom is -0.453 e. The van der Waals surface area contributed by atoms with Gasteiger partial charge in [-0.05, 0) is 80.4 Å². The van der Waals surface area contributed by atoms with Gasteiger partial charge >= 0.3 is 12.0 Å². The van der Waals surface area contributed by atoms with Crippen LogP contribution in [0.5, 0.6) is 0 Å². The number of hydrogen-bond acceptors (Lipinski definition) is 5. The van der Waals surface area contributed by atoms with Gasteiger partial charge in [0.2, 0.25) is 5.78 Å². The second-order valence-corrected chi connectivity index (χ2v) is 10.9. The monoisotopic (exact) mass is 454 g/mol. The number of esters is 1. The molecule has 7 heteroatoms. The summed E-state index contributed by atoms with van der Waals surface area (Å²) in [5, 5.41) is 2.83. The molecular weight excluding hydrogens is 420 g/mol. The first kappa shape index (κ1) is 23.5. The molecule has 0 aromatic heterocycles. The fraction of sp³-hybridized carbons (Fsp3) is 0.615. The zero-order chi connectivity index (χ0) is 24.0. The Balaban J connectivity index is 1.35. The fourth-order valence-corrected chi connectivity index (χ4v) is 5.51. The summed E-state index contributed by atoms with van der Waals surface area (Å²) in [5.41, 5.74) is 2.18. The first-order valence-corrected chi connectivity index (χ1v) is 12.0. The molecule has 7 nitrogen and oxygen atoms in total. The van der Waals surface area contributed by atoms with E-state index in [0.717, 1.165) is 37.0 Å². The van der Waals surface area contributed by atoms with Crippen LogP contribution in [-0.2, 0) is 27.2 Å². The van der Waals surface area contributed by atoms with Crippen LogP contribution in [0.25, 0.3) is 0 Å². The number of rotatable bonds is 5. The second-order valence-electron chi connectivity index (χ2n) is 10.9. The Morgan fingerprint density at radius 2 is 1.82 bits per heavy atom. The molecule has 0 radical (unpaired) electrons. The quantitative estimate of drug-likeness (QED) is 0.415. The number of nitrogens with zero attached hydrogens (tertiary/aromatic N) is 1. The van der Waals surface area contributed by atoms with Crippen molar-refractivity contribution in [2.24, 2.45) is 11.3 Å². The molecule has 1 aromatic carbocycles. The molecule has 1 saturated carbocycles. The molecule has 0 bridgehead atoms. The van der Waals surface area contributed by atoms with E-state index in [-0.39, 0.29) is 17.1 Å². The number of carbonyl (C=O) groups excluding carboxylic acids is 4. The number of amides is 3. The van der Waals surface area contributed by atoms with E-state index in [1.54, 1.807) is 6.07 Å². The van der Waals surface area contributed by atoms with Gasteiger partial charge in [0.15, 0.2) is 6.10 Å². The molecule has 3 aliphatic rings. The number of nitrogens with one attached hydrogen (secondary N) is 1. The number of hydrogen-bond donors (Lipinski definition) is 1.